The van der Waals surface area contributed by atoms with E-state index in [0.717, 1.165) is 30.7 Å². The molecule has 0 bridgehead atoms. The molecule has 2 aromatic carbocycles. The van der Waals surface area contributed by atoms with Crippen molar-refractivity contribution in [3.8, 4) is 11.8 Å². The molecule has 1 aromatic heterocycles. The SMILES string of the molecule is C=CCC1CCCn2c1nc1cc(C#Cc3cccc(F)c3)ccc1c2=O. The van der Waals surface area contributed by atoms with Gasteiger partial charge in [0.05, 0.1) is 10.9 Å². The second kappa shape index (κ2) is 7.20. The summed E-state index contributed by atoms with van der Waals surface area (Å²) in [6.07, 6.45) is 4.70. The molecule has 0 aliphatic carbocycles. The summed E-state index contributed by atoms with van der Waals surface area (Å²) in [6, 6.07) is 11.6. The average Bonchev–Trinajstić information content (AvgIpc) is 2.67. The number of rotatable bonds is 2. The minimum Gasteiger partial charge on any atom is -0.296 e. The van der Waals surface area contributed by atoms with Crippen molar-refractivity contribution in [2.75, 3.05) is 0 Å². The van der Waals surface area contributed by atoms with Gasteiger partial charge in [-0.2, -0.15) is 0 Å². The van der Waals surface area contributed by atoms with Crippen LogP contribution >= 0.6 is 0 Å². The molecule has 3 aromatic rings. The lowest BCUT2D eigenvalue weighted by Crippen LogP contribution is -2.30. The molecule has 0 saturated heterocycles. The highest BCUT2D eigenvalue weighted by atomic mass is 19.1. The molecule has 0 radical (unpaired) electrons. The predicted octanol–water partition coefficient (Wildman–Crippen LogP) is 4.39. The molecule has 0 spiro atoms. The normalized spacial score (nSPS) is 15.7. The Labute approximate surface area is 157 Å². The van der Waals surface area contributed by atoms with Gasteiger partial charge in [0.1, 0.15) is 11.6 Å². The summed E-state index contributed by atoms with van der Waals surface area (Å²) in [5.74, 6) is 6.76. The summed E-state index contributed by atoms with van der Waals surface area (Å²) in [4.78, 5) is 17.7. The Morgan fingerprint density at radius 3 is 2.81 bits per heavy atom. The van der Waals surface area contributed by atoms with Gasteiger partial charge in [-0.3, -0.25) is 9.36 Å². The Kier molecular flexibility index (Phi) is 4.60. The molecule has 1 aliphatic heterocycles. The van der Waals surface area contributed by atoms with Gasteiger partial charge < -0.3 is 0 Å². The third-order valence-corrected chi connectivity index (χ3v) is 4.91. The molecule has 0 saturated carbocycles. The fourth-order valence-corrected chi connectivity index (χ4v) is 3.60. The quantitative estimate of drug-likeness (QED) is 0.503. The zero-order valence-electron chi connectivity index (χ0n) is 14.9. The molecule has 2 heterocycles. The van der Waals surface area contributed by atoms with E-state index in [2.05, 4.69) is 18.4 Å². The largest absolute Gasteiger partial charge is 0.296 e. The van der Waals surface area contributed by atoms with Crippen molar-refractivity contribution in [3.05, 3.63) is 88.2 Å². The first-order valence-corrected chi connectivity index (χ1v) is 9.08. The van der Waals surface area contributed by atoms with Crippen LogP contribution in [-0.2, 0) is 6.54 Å². The Hall–Kier alpha value is -3.19. The topological polar surface area (TPSA) is 34.9 Å². The lowest BCUT2D eigenvalue weighted by molar-refractivity contribution is 0.429. The van der Waals surface area contributed by atoms with Crippen LogP contribution in [-0.4, -0.2) is 9.55 Å². The maximum Gasteiger partial charge on any atom is 0.261 e. The third-order valence-electron chi connectivity index (χ3n) is 4.91. The molecule has 4 rings (SSSR count). The summed E-state index contributed by atoms with van der Waals surface area (Å²) < 4.78 is 15.1. The summed E-state index contributed by atoms with van der Waals surface area (Å²) in [6.45, 7) is 4.54. The van der Waals surface area contributed by atoms with Gasteiger partial charge in [0, 0.05) is 23.6 Å². The van der Waals surface area contributed by atoms with E-state index in [-0.39, 0.29) is 17.3 Å². The van der Waals surface area contributed by atoms with E-state index in [1.807, 2.05) is 18.2 Å². The lowest BCUT2D eigenvalue weighted by Gasteiger charge is -2.25. The number of benzene rings is 2. The van der Waals surface area contributed by atoms with Crippen molar-refractivity contribution >= 4 is 10.9 Å². The van der Waals surface area contributed by atoms with Gasteiger partial charge in [-0.1, -0.05) is 24.0 Å². The maximum absolute atomic E-state index is 13.3. The zero-order chi connectivity index (χ0) is 18.8. The van der Waals surface area contributed by atoms with Crippen LogP contribution < -0.4 is 5.56 Å². The van der Waals surface area contributed by atoms with E-state index in [1.54, 1.807) is 22.8 Å². The highest BCUT2D eigenvalue weighted by molar-refractivity contribution is 5.79. The Morgan fingerprint density at radius 1 is 1.22 bits per heavy atom. The fourth-order valence-electron chi connectivity index (χ4n) is 3.60. The highest BCUT2D eigenvalue weighted by Gasteiger charge is 2.23. The summed E-state index contributed by atoms with van der Waals surface area (Å²) in [5.41, 5.74) is 2.03. The highest BCUT2D eigenvalue weighted by Crippen LogP contribution is 2.28. The number of allylic oxidation sites excluding steroid dienone is 1. The molecule has 3 nitrogen and oxygen atoms in total. The molecule has 1 atom stereocenters. The lowest BCUT2D eigenvalue weighted by atomic mass is 9.94. The molecular weight excluding hydrogens is 339 g/mol. The molecule has 1 unspecified atom stereocenters. The number of fused-ring (bicyclic) bond motifs is 2. The number of nitrogens with zero attached hydrogens (tertiary/aromatic N) is 2. The van der Waals surface area contributed by atoms with E-state index in [1.165, 1.54) is 12.1 Å². The van der Waals surface area contributed by atoms with Gasteiger partial charge in [0.2, 0.25) is 0 Å². The number of halogens is 1. The minimum atomic E-state index is -0.310. The van der Waals surface area contributed by atoms with Crippen LogP contribution in [0.4, 0.5) is 4.39 Å². The summed E-state index contributed by atoms with van der Waals surface area (Å²) in [7, 11) is 0. The van der Waals surface area contributed by atoms with Gasteiger partial charge in [0.15, 0.2) is 0 Å². The maximum atomic E-state index is 13.3. The standard InChI is InChI=1S/C23H19FN2O/c1-2-5-18-7-4-13-26-22(18)25-21-15-17(11-12-20(21)23(26)27)10-9-16-6-3-8-19(24)14-16/h2-3,6,8,11-12,14-15,18H,1,4-5,7,13H2. The van der Waals surface area contributed by atoms with E-state index in [0.29, 0.717) is 23.0 Å². The van der Waals surface area contributed by atoms with Crippen LogP contribution in [0.3, 0.4) is 0 Å². The van der Waals surface area contributed by atoms with Crippen molar-refractivity contribution in [1.29, 1.82) is 0 Å². The van der Waals surface area contributed by atoms with Crippen molar-refractivity contribution in [2.24, 2.45) is 0 Å². The number of hydrogen-bond acceptors (Lipinski definition) is 2. The minimum absolute atomic E-state index is 0.00778. The van der Waals surface area contributed by atoms with E-state index < -0.39 is 0 Å². The molecular formula is C23H19FN2O. The molecule has 1 aliphatic rings. The number of aromatic nitrogens is 2. The molecule has 134 valence electrons. The molecule has 0 N–H and O–H groups in total. The number of hydrogen-bond donors (Lipinski definition) is 0. The van der Waals surface area contributed by atoms with Crippen molar-refractivity contribution in [3.63, 3.8) is 0 Å². The third kappa shape index (κ3) is 3.41. The predicted molar refractivity (Wildman–Crippen MR) is 105 cm³/mol. The smallest absolute Gasteiger partial charge is 0.261 e. The molecule has 0 fully saturated rings. The first kappa shape index (κ1) is 17.2. The van der Waals surface area contributed by atoms with E-state index in [9.17, 15) is 9.18 Å². The van der Waals surface area contributed by atoms with Gasteiger partial charge in [-0.05, 0) is 55.7 Å². The van der Waals surface area contributed by atoms with Gasteiger partial charge in [-0.25, -0.2) is 9.37 Å². The van der Waals surface area contributed by atoms with Crippen LogP contribution in [0.2, 0.25) is 0 Å². The first-order valence-electron chi connectivity index (χ1n) is 9.08. The molecule has 27 heavy (non-hydrogen) atoms. The van der Waals surface area contributed by atoms with Crippen LogP contribution in [0.5, 0.6) is 0 Å². The average molecular weight is 358 g/mol. The Bertz CT molecular complexity index is 1150. The monoisotopic (exact) mass is 358 g/mol. The summed E-state index contributed by atoms with van der Waals surface area (Å²) in [5, 5.41) is 0.606. The molecule has 0 amide bonds. The second-order valence-electron chi connectivity index (χ2n) is 6.78. The van der Waals surface area contributed by atoms with Crippen LogP contribution in [0.15, 0.2) is 59.9 Å². The van der Waals surface area contributed by atoms with Crippen LogP contribution in [0.1, 0.15) is 42.1 Å². The zero-order valence-corrected chi connectivity index (χ0v) is 14.9. The first-order chi connectivity index (χ1) is 13.2. The van der Waals surface area contributed by atoms with Crippen LogP contribution in [0.25, 0.3) is 10.9 Å². The fraction of sp³-hybridized carbons (Fsp3) is 0.217. The second-order valence-corrected chi connectivity index (χ2v) is 6.78. The van der Waals surface area contributed by atoms with E-state index in [4.69, 9.17) is 4.98 Å². The Balaban J connectivity index is 1.79. The Morgan fingerprint density at radius 2 is 2.04 bits per heavy atom. The van der Waals surface area contributed by atoms with Crippen molar-refractivity contribution in [2.45, 2.75) is 31.7 Å². The van der Waals surface area contributed by atoms with Crippen LogP contribution in [0, 0.1) is 17.7 Å². The summed E-state index contributed by atoms with van der Waals surface area (Å²) >= 11 is 0. The molecule has 4 heteroatoms. The van der Waals surface area contributed by atoms with Gasteiger partial charge >= 0.3 is 0 Å². The van der Waals surface area contributed by atoms with Crippen molar-refractivity contribution in [1.82, 2.24) is 9.55 Å². The van der Waals surface area contributed by atoms with Crippen molar-refractivity contribution < 1.29 is 4.39 Å². The van der Waals surface area contributed by atoms with E-state index >= 15 is 0 Å². The van der Waals surface area contributed by atoms with Gasteiger partial charge in [-0.15, -0.1) is 6.58 Å². The van der Waals surface area contributed by atoms with Gasteiger partial charge in [0.25, 0.3) is 5.56 Å².